The summed E-state index contributed by atoms with van der Waals surface area (Å²) >= 11 is 0. The van der Waals surface area contributed by atoms with Crippen LogP contribution in [0.25, 0.3) is 44.1 Å². The van der Waals surface area contributed by atoms with Gasteiger partial charge in [-0.25, -0.2) is 4.99 Å². The van der Waals surface area contributed by atoms with Gasteiger partial charge in [-0.3, -0.25) is 4.57 Å². The number of benzene rings is 5. The first kappa shape index (κ1) is 27.3. The Morgan fingerprint density at radius 1 is 0.756 bits per heavy atom. The fourth-order valence-electron chi connectivity index (χ4n) is 7.55. The average Bonchev–Trinajstić information content (AvgIpc) is 3.54. The zero-order valence-electron chi connectivity index (χ0n) is 26.1. The molecule has 0 atom stereocenters. The highest BCUT2D eigenvalue weighted by Crippen LogP contribution is 2.52. The molecule has 0 radical (unpaired) electrons. The monoisotopic (exact) mass is 580 g/mol. The quantitative estimate of drug-likeness (QED) is 0.146. The summed E-state index contributed by atoms with van der Waals surface area (Å²) in [5.41, 5.74) is 14.2. The van der Waals surface area contributed by atoms with Crippen LogP contribution in [0.4, 0.5) is 5.69 Å². The van der Waals surface area contributed by atoms with Crippen LogP contribution in [-0.4, -0.2) is 10.4 Å². The van der Waals surface area contributed by atoms with Crippen molar-refractivity contribution in [3.05, 3.63) is 162 Å². The molecule has 218 valence electrons. The molecule has 0 bridgehead atoms. The number of aromatic nitrogens is 1. The van der Waals surface area contributed by atoms with E-state index in [0.717, 1.165) is 41.1 Å². The highest BCUT2D eigenvalue weighted by molar-refractivity contribution is 6.17. The van der Waals surface area contributed by atoms with Gasteiger partial charge in [-0.05, 0) is 76.4 Å². The van der Waals surface area contributed by atoms with Gasteiger partial charge < -0.3 is 0 Å². The Kier molecular flexibility index (Phi) is 6.35. The van der Waals surface area contributed by atoms with Gasteiger partial charge in [0, 0.05) is 21.8 Å². The molecule has 2 aliphatic carbocycles. The normalized spacial score (nSPS) is 15.3. The second kappa shape index (κ2) is 10.5. The molecule has 0 saturated heterocycles. The maximum absolute atomic E-state index is 5.36. The van der Waals surface area contributed by atoms with Gasteiger partial charge in [0.05, 0.1) is 16.7 Å². The molecule has 6 aromatic rings. The van der Waals surface area contributed by atoms with E-state index in [2.05, 4.69) is 159 Å². The van der Waals surface area contributed by atoms with E-state index in [1.165, 1.54) is 55.2 Å². The van der Waals surface area contributed by atoms with Crippen LogP contribution in [0.3, 0.4) is 0 Å². The van der Waals surface area contributed by atoms with E-state index in [1.807, 2.05) is 0 Å². The molecule has 45 heavy (non-hydrogen) atoms. The van der Waals surface area contributed by atoms with E-state index in [0.29, 0.717) is 0 Å². The molecular formula is C43H36N2. The maximum atomic E-state index is 5.36. The van der Waals surface area contributed by atoms with Gasteiger partial charge in [0.25, 0.3) is 0 Å². The molecule has 0 spiro atoms. The highest BCUT2D eigenvalue weighted by Gasteiger charge is 2.38. The predicted octanol–water partition coefficient (Wildman–Crippen LogP) is 11.5. The van der Waals surface area contributed by atoms with Crippen LogP contribution in [0.5, 0.6) is 0 Å². The van der Waals surface area contributed by atoms with Crippen molar-refractivity contribution in [1.29, 1.82) is 0 Å². The number of fused-ring (bicyclic) bond motifs is 7. The zero-order valence-corrected chi connectivity index (χ0v) is 26.1. The maximum Gasteiger partial charge on any atom is 0.111 e. The lowest BCUT2D eigenvalue weighted by Gasteiger charge is -2.23. The third-order valence-corrected chi connectivity index (χ3v) is 9.75. The van der Waals surface area contributed by atoms with Crippen LogP contribution in [0.1, 0.15) is 61.4 Å². The van der Waals surface area contributed by atoms with Gasteiger partial charge in [0.2, 0.25) is 0 Å². The molecule has 0 saturated carbocycles. The van der Waals surface area contributed by atoms with Crippen molar-refractivity contribution < 1.29 is 0 Å². The van der Waals surface area contributed by atoms with Crippen LogP contribution in [0.15, 0.2) is 139 Å². The van der Waals surface area contributed by atoms with Crippen molar-refractivity contribution >= 4 is 44.5 Å². The van der Waals surface area contributed by atoms with Crippen molar-refractivity contribution in [3.8, 4) is 11.1 Å². The molecule has 1 heterocycles. The SMILES string of the molecule is C=C(c1ccc(C2=CCCC=C2)cc1)c1ccccc1/N=C(\C)n1c2ccccc2c2ccc3c(c21)C(C)(C)c1ccccc1-3. The number of para-hydroxylation sites is 2. The first-order chi connectivity index (χ1) is 21.9. The van der Waals surface area contributed by atoms with Gasteiger partial charge in [-0.15, -0.1) is 0 Å². The minimum absolute atomic E-state index is 0.139. The van der Waals surface area contributed by atoms with Crippen LogP contribution in [-0.2, 0) is 5.41 Å². The van der Waals surface area contributed by atoms with E-state index < -0.39 is 0 Å². The van der Waals surface area contributed by atoms with Gasteiger partial charge in [0.1, 0.15) is 5.84 Å². The lowest BCUT2D eigenvalue weighted by molar-refractivity contribution is 0.664. The topological polar surface area (TPSA) is 17.3 Å². The molecule has 2 nitrogen and oxygen atoms in total. The number of hydrogen-bond acceptors (Lipinski definition) is 1. The van der Waals surface area contributed by atoms with Crippen molar-refractivity contribution in [3.63, 3.8) is 0 Å². The standard InChI is InChI=1S/C43H36N2/c1-28(30-22-24-32(25-23-30)31-14-6-5-7-15-31)33-16-9-12-20-39(33)44-29(2)45-40-21-13-10-18-35(40)37-27-26-36-34-17-8-11-19-38(34)43(3,4)41(36)42(37)45/h6,8-27H,1,5,7H2,2-4H3/b44-29+. The summed E-state index contributed by atoms with van der Waals surface area (Å²) in [7, 11) is 0. The largest absolute Gasteiger partial charge is 0.297 e. The first-order valence-electron chi connectivity index (χ1n) is 15.9. The number of allylic oxidation sites excluding steroid dienone is 4. The lowest BCUT2D eigenvalue weighted by atomic mass is 9.81. The molecule has 2 aliphatic rings. The van der Waals surface area contributed by atoms with Crippen LogP contribution in [0.2, 0.25) is 0 Å². The summed E-state index contributed by atoms with van der Waals surface area (Å²) < 4.78 is 2.39. The second-order valence-corrected chi connectivity index (χ2v) is 12.8. The van der Waals surface area contributed by atoms with Crippen molar-refractivity contribution in [2.75, 3.05) is 0 Å². The molecule has 8 rings (SSSR count). The molecule has 0 N–H and O–H groups in total. The molecule has 0 fully saturated rings. The van der Waals surface area contributed by atoms with Gasteiger partial charge in [0.15, 0.2) is 0 Å². The number of hydrogen-bond donors (Lipinski definition) is 0. The lowest BCUT2D eigenvalue weighted by Crippen LogP contribution is -2.18. The second-order valence-electron chi connectivity index (χ2n) is 12.8. The summed E-state index contributed by atoms with van der Waals surface area (Å²) in [6, 6.07) is 39.4. The van der Waals surface area contributed by atoms with Crippen molar-refractivity contribution in [1.82, 2.24) is 4.57 Å². The minimum Gasteiger partial charge on any atom is -0.297 e. The average molecular weight is 581 g/mol. The Bertz CT molecular complexity index is 2250. The predicted molar refractivity (Wildman–Crippen MR) is 193 cm³/mol. The summed E-state index contributed by atoms with van der Waals surface area (Å²) in [4.78, 5) is 5.36. The molecule has 0 unspecified atom stereocenters. The van der Waals surface area contributed by atoms with Crippen molar-refractivity contribution in [2.45, 2.75) is 39.0 Å². The number of aliphatic imine (C=N–C) groups is 1. The van der Waals surface area contributed by atoms with Crippen molar-refractivity contribution in [2.24, 2.45) is 4.99 Å². The molecule has 2 heteroatoms. The zero-order chi connectivity index (χ0) is 30.7. The highest BCUT2D eigenvalue weighted by atomic mass is 15.1. The third kappa shape index (κ3) is 4.28. The summed E-state index contributed by atoms with van der Waals surface area (Å²) in [6.07, 6.45) is 9.02. The summed E-state index contributed by atoms with van der Waals surface area (Å²) in [6.45, 7) is 11.4. The molecular weight excluding hydrogens is 544 g/mol. The fourth-order valence-corrected chi connectivity index (χ4v) is 7.55. The Morgan fingerprint density at radius 3 is 2.33 bits per heavy atom. The Labute approximate surface area is 265 Å². The fraction of sp³-hybridized carbons (Fsp3) is 0.140. The minimum atomic E-state index is -0.139. The smallest absolute Gasteiger partial charge is 0.111 e. The molecule has 1 aromatic heterocycles. The van der Waals surface area contributed by atoms with Crippen LogP contribution in [0, 0.1) is 0 Å². The first-order valence-corrected chi connectivity index (χ1v) is 15.9. The van der Waals surface area contributed by atoms with E-state index in [4.69, 9.17) is 4.99 Å². The van der Waals surface area contributed by atoms with E-state index in [9.17, 15) is 0 Å². The van der Waals surface area contributed by atoms with Gasteiger partial charge in [-0.1, -0.05) is 136 Å². The number of nitrogens with zero attached hydrogens (tertiary/aromatic N) is 2. The third-order valence-electron chi connectivity index (χ3n) is 9.75. The van der Waals surface area contributed by atoms with Crippen LogP contribution < -0.4 is 0 Å². The van der Waals surface area contributed by atoms with E-state index in [-0.39, 0.29) is 5.41 Å². The van der Waals surface area contributed by atoms with E-state index >= 15 is 0 Å². The summed E-state index contributed by atoms with van der Waals surface area (Å²) in [5.74, 6) is 0.938. The molecule has 0 amide bonds. The van der Waals surface area contributed by atoms with Crippen LogP contribution >= 0.6 is 0 Å². The number of rotatable bonds is 4. The Hall–Kier alpha value is -5.21. The van der Waals surface area contributed by atoms with Gasteiger partial charge >= 0.3 is 0 Å². The van der Waals surface area contributed by atoms with E-state index in [1.54, 1.807) is 0 Å². The molecule has 0 aliphatic heterocycles. The van der Waals surface area contributed by atoms with Gasteiger partial charge in [-0.2, -0.15) is 0 Å². The Morgan fingerprint density at radius 2 is 1.51 bits per heavy atom. The Balaban J connectivity index is 1.27. The summed E-state index contributed by atoms with van der Waals surface area (Å²) in [5, 5.41) is 2.51. The molecule has 5 aromatic carbocycles.